The highest BCUT2D eigenvalue weighted by molar-refractivity contribution is 9.10. The van der Waals surface area contributed by atoms with E-state index in [-0.39, 0.29) is 22.3 Å². The number of nitrogens with zero attached hydrogens (tertiary/aromatic N) is 2. The van der Waals surface area contributed by atoms with Gasteiger partial charge in [0, 0.05) is 32.4 Å². The van der Waals surface area contributed by atoms with Gasteiger partial charge in [-0.15, -0.1) is 0 Å². The maximum Gasteiger partial charge on any atom is 0.240 e. The SMILES string of the molecule is O=C(C1=C[C@@H]2[C@H]3C(=O)N(c4ccc(Cl)cc4Cl)C(=O)[C@@H]3[C@H](C(=O)c3ccc(Br)cc3)N2C=C1)c1ccccc1. The molecule has 0 bridgehead atoms. The van der Waals surface area contributed by atoms with E-state index in [9.17, 15) is 19.2 Å². The van der Waals surface area contributed by atoms with Crippen LogP contribution in [0.5, 0.6) is 0 Å². The summed E-state index contributed by atoms with van der Waals surface area (Å²) < 4.78 is 0.807. The molecule has 2 saturated heterocycles. The van der Waals surface area contributed by atoms with E-state index in [0.29, 0.717) is 21.7 Å². The molecular weight excluding hydrogens is 603 g/mol. The normalized spacial score (nSPS) is 23.5. The fraction of sp³-hybridized carbons (Fsp3) is 0.133. The molecule has 194 valence electrons. The topological polar surface area (TPSA) is 74.8 Å². The summed E-state index contributed by atoms with van der Waals surface area (Å²) >= 11 is 15.8. The molecule has 0 N–H and O–H groups in total. The molecule has 3 aromatic carbocycles. The van der Waals surface area contributed by atoms with E-state index >= 15 is 0 Å². The van der Waals surface area contributed by atoms with Crippen LogP contribution in [0, 0.1) is 11.8 Å². The van der Waals surface area contributed by atoms with Crippen LogP contribution in [0.3, 0.4) is 0 Å². The fourth-order valence-corrected chi connectivity index (χ4v) is 6.40. The van der Waals surface area contributed by atoms with Crippen molar-refractivity contribution in [1.82, 2.24) is 4.90 Å². The Morgan fingerprint density at radius 1 is 0.821 bits per heavy atom. The lowest BCUT2D eigenvalue weighted by Gasteiger charge is -2.33. The van der Waals surface area contributed by atoms with Crippen LogP contribution in [0.4, 0.5) is 5.69 Å². The number of allylic oxidation sites excluding steroid dienone is 2. The molecular formula is C30H19BrCl2N2O4. The van der Waals surface area contributed by atoms with Gasteiger partial charge in [-0.05, 0) is 36.4 Å². The number of hydrogen-bond acceptors (Lipinski definition) is 5. The molecule has 6 nitrogen and oxygen atoms in total. The number of carbonyl (C=O) groups excluding carboxylic acids is 4. The van der Waals surface area contributed by atoms with Gasteiger partial charge in [-0.3, -0.25) is 19.2 Å². The number of rotatable bonds is 5. The molecule has 3 aromatic rings. The maximum absolute atomic E-state index is 13.9. The van der Waals surface area contributed by atoms with Crippen LogP contribution in [0.1, 0.15) is 20.7 Å². The lowest BCUT2D eigenvalue weighted by atomic mass is 9.85. The van der Waals surface area contributed by atoms with E-state index in [4.69, 9.17) is 23.2 Å². The second kappa shape index (κ2) is 9.90. The molecule has 39 heavy (non-hydrogen) atoms. The van der Waals surface area contributed by atoms with Crippen molar-refractivity contribution in [3.8, 4) is 0 Å². The van der Waals surface area contributed by atoms with Crippen molar-refractivity contribution in [2.45, 2.75) is 12.1 Å². The predicted octanol–water partition coefficient (Wildman–Crippen LogP) is 6.13. The Labute approximate surface area is 242 Å². The Morgan fingerprint density at radius 2 is 1.51 bits per heavy atom. The Bertz CT molecular complexity index is 1600. The molecule has 3 heterocycles. The number of anilines is 1. The molecule has 9 heteroatoms. The minimum Gasteiger partial charge on any atom is -0.359 e. The fourth-order valence-electron chi connectivity index (χ4n) is 5.64. The van der Waals surface area contributed by atoms with E-state index < -0.39 is 35.7 Å². The minimum absolute atomic E-state index is 0.149. The molecule has 6 rings (SSSR count). The van der Waals surface area contributed by atoms with Gasteiger partial charge in [-0.2, -0.15) is 0 Å². The Hall–Kier alpha value is -3.52. The first kappa shape index (κ1) is 25.7. The van der Waals surface area contributed by atoms with Gasteiger partial charge in [0.25, 0.3) is 0 Å². The molecule has 4 atom stereocenters. The number of imide groups is 1. The largest absolute Gasteiger partial charge is 0.359 e. The van der Waals surface area contributed by atoms with E-state index in [2.05, 4.69) is 15.9 Å². The number of carbonyl (C=O) groups is 4. The van der Waals surface area contributed by atoms with Crippen molar-refractivity contribution in [2.75, 3.05) is 4.90 Å². The van der Waals surface area contributed by atoms with Crippen LogP contribution in [-0.2, 0) is 9.59 Å². The Kier molecular flexibility index (Phi) is 6.53. The quantitative estimate of drug-likeness (QED) is 0.253. The Morgan fingerprint density at radius 3 is 2.21 bits per heavy atom. The lowest BCUT2D eigenvalue weighted by Crippen LogP contribution is -2.46. The van der Waals surface area contributed by atoms with Gasteiger partial charge in [-0.1, -0.05) is 87.7 Å². The Balaban J connectivity index is 1.44. The summed E-state index contributed by atoms with van der Waals surface area (Å²) in [5.74, 6) is -3.36. The van der Waals surface area contributed by atoms with Gasteiger partial charge in [0.05, 0.1) is 28.6 Å². The van der Waals surface area contributed by atoms with Gasteiger partial charge in [0.2, 0.25) is 11.8 Å². The third kappa shape index (κ3) is 4.25. The second-order valence-electron chi connectivity index (χ2n) is 9.55. The molecule has 0 radical (unpaired) electrons. The summed E-state index contributed by atoms with van der Waals surface area (Å²) in [5.41, 5.74) is 1.51. The average Bonchev–Trinajstić information content (AvgIpc) is 3.40. The monoisotopic (exact) mass is 620 g/mol. The minimum atomic E-state index is -0.975. The molecule has 0 unspecified atom stereocenters. The van der Waals surface area contributed by atoms with Crippen LogP contribution in [0.2, 0.25) is 10.0 Å². The van der Waals surface area contributed by atoms with E-state index in [1.807, 2.05) is 6.07 Å². The van der Waals surface area contributed by atoms with Crippen LogP contribution < -0.4 is 4.90 Å². The molecule has 0 spiro atoms. The van der Waals surface area contributed by atoms with Gasteiger partial charge in [-0.25, -0.2) is 4.90 Å². The molecule has 0 aliphatic carbocycles. The van der Waals surface area contributed by atoms with Crippen molar-refractivity contribution in [1.29, 1.82) is 0 Å². The number of halogens is 3. The molecule has 3 aliphatic rings. The molecule has 2 fully saturated rings. The van der Waals surface area contributed by atoms with E-state index in [1.54, 1.807) is 77.8 Å². The van der Waals surface area contributed by atoms with Crippen LogP contribution in [-0.4, -0.2) is 40.4 Å². The number of ketones is 2. The average molecular weight is 622 g/mol. The van der Waals surface area contributed by atoms with Crippen LogP contribution in [0.25, 0.3) is 0 Å². The number of hydrogen-bond donors (Lipinski definition) is 0. The summed E-state index contributed by atoms with van der Waals surface area (Å²) in [7, 11) is 0. The van der Waals surface area contributed by atoms with Crippen LogP contribution >= 0.6 is 39.1 Å². The maximum atomic E-state index is 13.9. The number of Topliss-reactive ketones (excluding diaryl/α,β-unsaturated/α-hetero) is 2. The van der Waals surface area contributed by atoms with Crippen molar-refractivity contribution >= 4 is 68.2 Å². The molecule has 0 aromatic heterocycles. The molecule has 3 aliphatic heterocycles. The summed E-state index contributed by atoms with van der Waals surface area (Å²) in [4.78, 5) is 57.8. The third-order valence-corrected chi connectivity index (χ3v) is 8.46. The highest BCUT2D eigenvalue weighted by Crippen LogP contribution is 2.48. The zero-order valence-electron chi connectivity index (χ0n) is 20.1. The second-order valence-corrected chi connectivity index (χ2v) is 11.3. The van der Waals surface area contributed by atoms with E-state index in [1.165, 1.54) is 12.1 Å². The van der Waals surface area contributed by atoms with E-state index in [0.717, 1.165) is 9.37 Å². The molecule has 0 saturated carbocycles. The predicted molar refractivity (Wildman–Crippen MR) is 152 cm³/mol. The lowest BCUT2D eigenvalue weighted by molar-refractivity contribution is -0.123. The first-order chi connectivity index (χ1) is 18.8. The first-order valence-corrected chi connectivity index (χ1v) is 13.7. The van der Waals surface area contributed by atoms with Crippen molar-refractivity contribution in [3.05, 3.63) is 122 Å². The summed E-state index contributed by atoms with van der Waals surface area (Å²) in [5, 5.41) is 0.512. The summed E-state index contributed by atoms with van der Waals surface area (Å²) in [6.45, 7) is 0. The van der Waals surface area contributed by atoms with Crippen molar-refractivity contribution in [3.63, 3.8) is 0 Å². The smallest absolute Gasteiger partial charge is 0.240 e. The van der Waals surface area contributed by atoms with Gasteiger partial charge in [0.1, 0.15) is 6.04 Å². The van der Waals surface area contributed by atoms with Crippen LogP contribution in [0.15, 0.2) is 101 Å². The van der Waals surface area contributed by atoms with Crippen molar-refractivity contribution < 1.29 is 19.2 Å². The van der Waals surface area contributed by atoms with Gasteiger partial charge >= 0.3 is 0 Å². The zero-order valence-corrected chi connectivity index (χ0v) is 23.2. The zero-order chi connectivity index (χ0) is 27.4. The molecule has 2 amide bonds. The number of amides is 2. The summed E-state index contributed by atoms with van der Waals surface area (Å²) in [6, 6.07) is 18.6. The highest BCUT2D eigenvalue weighted by Gasteiger charge is 2.63. The van der Waals surface area contributed by atoms with Gasteiger partial charge in [0.15, 0.2) is 11.6 Å². The summed E-state index contributed by atoms with van der Waals surface area (Å²) in [6.07, 6.45) is 4.98. The standard InChI is InChI=1S/C30H19BrCl2N2O4/c31-19-8-6-17(7-9-19)28(37)26-25-24(29(38)35(30(25)39)22-11-10-20(32)15-21(22)33)23-14-18(12-13-34(23)26)27(36)16-4-2-1-3-5-16/h1-15,23-26H/t23-,24-,25+,26-/m1/s1. The van der Waals surface area contributed by atoms with Gasteiger partial charge < -0.3 is 4.90 Å². The number of benzene rings is 3. The van der Waals surface area contributed by atoms with Crippen molar-refractivity contribution in [2.24, 2.45) is 11.8 Å². The first-order valence-electron chi connectivity index (χ1n) is 12.2. The highest BCUT2D eigenvalue weighted by atomic mass is 79.9. The third-order valence-electron chi connectivity index (χ3n) is 7.39. The number of fused-ring (bicyclic) bond motifs is 3.